The van der Waals surface area contributed by atoms with E-state index in [-0.39, 0.29) is 12.6 Å². The van der Waals surface area contributed by atoms with Crippen molar-refractivity contribution in [1.29, 1.82) is 0 Å². The number of rotatable bonds is 3. The summed E-state index contributed by atoms with van der Waals surface area (Å²) in [5, 5.41) is 2.95. The molecule has 2 heterocycles. The quantitative estimate of drug-likeness (QED) is 0.887. The maximum Gasteiger partial charge on any atom is 0.401 e. The van der Waals surface area contributed by atoms with Gasteiger partial charge in [-0.05, 0) is 31.4 Å². The van der Waals surface area contributed by atoms with Gasteiger partial charge in [-0.3, -0.25) is 4.90 Å². The van der Waals surface area contributed by atoms with E-state index in [1.165, 1.54) is 4.90 Å². The molecule has 2 saturated heterocycles. The molecule has 3 rings (SSSR count). The summed E-state index contributed by atoms with van der Waals surface area (Å²) in [4.78, 5) is 17.9. The Labute approximate surface area is 151 Å². The van der Waals surface area contributed by atoms with Gasteiger partial charge in [-0.25, -0.2) is 4.79 Å². The summed E-state index contributed by atoms with van der Waals surface area (Å²) in [6, 6.07) is 7.45. The SMILES string of the molecule is O=C(Nc1ccccc1N1CCCC1)N1CCCN(CC(F)(F)F)CC1. The molecule has 5 nitrogen and oxygen atoms in total. The molecule has 1 aromatic rings. The topological polar surface area (TPSA) is 38.8 Å². The highest BCUT2D eigenvalue weighted by atomic mass is 19.4. The molecule has 1 aromatic carbocycles. The molecule has 0 aliphatic carbocycles. The highest BCUT2D eigenvalue weighted by Crippen LogP contribution is 2.29. The van der Waals surface area contributed by atoms with Gasteiger partial charge in [0.05, 0.1) is 17.9 Å². The monoisotopic (exact) mass is 370 g/mol. The second kappa shape index (κ2) is 8.16. The van der Waals surface area contributed by atoms with E-state index in [1.54, 1.807) is 4.90 Å². The molecule has 26 heavy (non-hydrogen) atoms. The molecule has 0 bridgehead atoms. The van der Waals surface area contributed by atoms with Crippen molar-refractivity contribution < 1.29 is 18.0 Å². The van der Waals surface area contributed by atoms with Crippen molar-refractivity contribution in [2.75, 3.05) is 56.0 Å². The summed E-state index contributed by atoms with van der Waals surface area (Å²) in [6.45, 7) is 2.39. The minimum absolute atomic E-state index is 0.237. The number of hydrogen-bond acceptors (Lipinski definition) is 3. The molecule has 2 amide bonds. The number of nitrogens with zero attached hydrogens (tertiary/aromatic N) is 3. The number of para-hydroxylation sites is 2. The van der Waals surface area contributed by atoms with Gasteiger partial charge in [-0.1, -0.05) is 12.1 Å². The Morgan fingerprint density at radius 1 is 0.962 bits per heavy atom. The molecule has 0 atom stereocenters. The van der Waals surface area contributed by atoms with Crippen LogP contribution in [0.3, 0.4) is 0 Å². The first-order chi connectivity index (χ1) is 12.4. The van der Waals surface area contributed by atoms with Crippen LogP contribution in [0.1, 0.15) is 19.3 Å². The zero-order chi connectivity index (χ0) is 18.6. The Morgan fingerprint density at radius 3 is 2.42 bits per heavy atom. The number of amides is 2. The molecule has 2 aliphatic heterocycles. The largest absolute Gasteiger partial charge is 0.401 e. The smallest absolute Gasteiger partial charge is 0.370 e. The highest BCUT2D eigenvalue weighted by Gasteiger charge is 2.32. The van der Waals surface area contributed by atoms with E-state index < -0.39 is 12.7 Å². The lowest BCUT2D eigenvalue weighted by Crippen LogP contribution is -2.40. The third kappa shape index (κ3) is 5.03. The molecule has 0 radical (unpaired) electrons. The Morgan fingerprint density at radius 2 is 1.69 bits per heavy atom. The first-order valence-electron chi connectivity index (χ1n) is 9.11. The Kier molecular flexibility index (Phi) is 5.90. The maximum atomic E-state index is 12.6. The molecule has 2 fully saturated rings. The fourth-order valence-corrected chi connectivity index (χ4v) is 3.59. The minimum Gasteiger partial charge on any atom is -0.370 e. The standard InChI is InChI=1S/C18H25F3N4O/c19-18(20,21)14-23-8-5-11-25(13-12-23)17(26)22-15-6-1-2-7-16(15)24-9-3-4-10-24/h1-2,6-7H,3-5,8-14H2,(H,22,26). The predicted octanol–water partition coefficient (Wildman–Crippen LogP) is 3.39. The van der Waals surface area contributed by atoms with Crippen LogP contribution in [0.15, 0.2) is 24.3 Å². The summed E-state index contributed by atoms with van der Waals surface area (Å²) in [5.74, 6) is 0. The number of hydrogen-bond donors (Lipinski definition) is 1. The number of carbonyl (C=O) groups is 1. The van der Waals surface area contributed by atoms with Crippen molar-refractivity contribution in [3.63, 3.8) is 0 Å². The molecular formula is C18H25F3N4O. The third-order valence-electron chi connectivity index (χ3n) is 4.87. The van der Waals surface area contributed by atoms with Gasteiger partial charge in [-0.15, -0.1) is 0 Å². The van der Waals surface area contributed by atoms with Gasteiger partial charge < -0.3 is 15.1 Å². The number of alkyl halides is 3. The van der Waals surface area contributed by atoms with Crippen molar-refractivity contribution in [1.82, 2.24) is 9.80 Å². The van der Waals surface area contributed by atoms with Crippen LogP contribution in [0.25, 0.3) is 0 Å². The molecule has 0 unspecified atom stereocenters. The van der Waals surface area contributed by atoms with Crippen LogP contribution >= 0.6 is 0 Å². The number of nitrogens with one attached hydrogen (secondary N) is 1. The van der Waals surface area contributed by atoms with Crippen molar-refractivity contribution in [2.45, 2.75) is 25.4 Å². The van der Waals surface area contributed by atoms with Gasteiger partial charge in [0, 0.05) is 39.3 Å². The van der Waals surface area contributed by atoms with Crippen LogP contribution in [0.2, 0.25) is 0 Å². The third-order valence-corrected chi connectivity index (χ3v) is 4.87. The minimum atomic E-state index is -4.20. The summed E-state index contributed by atoms with van der Waals surface area (Å²) in [6.07, 6.45) is -1.38. The predicted molar refractivity (Wildman–Crippen MR) is 95.6 cm³/mol. The maximum absolute atomic E-state index is 12.6. The highest BCUT2D eigenvalue weighted by molar-refractivity contribution is 5.93. The van der Waals surface area contributed by atoms with E-state index >= 15 is 0 Å². The Balaban J connectivity index is 1.60. The van der Waals surface area contributed by atoms with Crippen molar-refractivity contribution in [3.8, 4) is 0 Å². The van der Waals surface area contributed by atoms with Crippen molar-refractivity contribution in [3.05, 3.63) is 24.3 Å². The molecular weight excluding hydrogens is 345 g/mol. The van der Waals surface area contributed by atoms with Gasteiger partial charge in [0.15, 0.2) is 0 Å². The molecule has 0 aromatic heterocycles. The van der Waals surface area contributed by atoms with E-state index in [1.807, 2.05) is 24.3 Å². The number of anilines is 2. The van der Waals surface area contributed by atoms with Crippen LogP contribution in [-0.4, -0.2) is 67.8 Å². The van der Waals surface area contributed by atoms with Crippen LogP contribution in [0, 0.1) is 0 Å². The lowest BCUT2D eigenvalue weighted by molar-refractivity contribution is -0.145. The van der Waals surface area contributed by atoms with Gasteiger partial charge in [0.1, 0.15) is 0 Å². The van der Waals surface area contributed by atoms with Crippen molar-refractivity contribution in [2.24, 2.45) is 0 Å². The summed E-state index contributed by atoms with van der Waals surface area (Å²) < 4.78 is 37.7. The van der Waals surface area contributed by atoms with Gasteiger partial charge >= 0.3 is 12.2 Å². The summed E-state index contributed by atoms with van der Waals surface area (Å²) in [5.41, 5.74) is 1.77. The molecule has 0 saturated carbocycles. The molecule has 2 aliphatic rings. The van der Waals surface area contributed by atoms with E-state index in [0.29, 0.717) is 26.1 Å². The Bertz CT molecular complexity index is 617. The molecule has 144 valence electrons. The van der Waals surface area contributed by atoms with E-state index in [4.69, 9.17) is 0 Å². The fraction of sp³-hybridized carbons (Fsp3) is 0.611. The first-order valence-corrected chi connectivity index (χ1v) is 9.11. The van der Waals surface area contributed by atoms with Crippen LogP contribution < -0.4 is 10.2 Å². The number of urea groups is 1. The van der Waals surface area contributed by atoms with Gasteiger partial charge in [0.2, 0.25) is 0 Å². The average molecular weight is 370 g/mol. The lowest BCUT2D eigenvalue weighted by atomic mass is 10.2. The first kappa shape index (κ1) is 18.8. The second-order valence-corrected chi connectivity index (χ2v) is 6.87. The van der Waals surface area contributed by atoms with Crippen LogP contribution in [-0.2, 0) is 0 Å². The normalized spacial score (nSPS) is 19.5. The lowest BCUT2D eigenvalue weighted by Gasteiger charge is -2.25. The van der Waals surface area contributed by atoms with E-state index in [9.17, 15) is 18.0 Å². The van der Waals surface area contributed by atoms with Crippen molar-refractivity contribution >= 4 is 17.4 Å². The molecule has 8 heteroatoms. The number of benzene rings is 1. The van der Waals surface area contributed by atoms with Gasteiger partial charge in [-0.2, -0.15) is 13.2 Å². The fourth-order valence-electron chi connectivity index (χ4n) is 3.59. The van der Waals surface area contributed by atoms with Crippen LogP contribution in [0.4, 0.5) is 29.3 Å². The average Bonchev–Trinajstić information content (AvgIpc) is 3.01. The number of halogens is 3. The molecule has 1 N–H and O–H groups in total. The zero-order valence-corrected chi connectivity index (χ0v) is 14.8. The summed E-state index contributed by atoms with van der Waals surface area (Å²) in [7, 11) is 0. The van der Waals surface area contributed by atoms with E-state index in [0.717, 1.165) is 37.3 Å². The zero-order valence-electron chi connectivity index (χ0n) is 14.8. The number of carbonyl (C=O) groups excluding carboxylic acids is 1. The van der Waals surface area contributed by atoms with Gasteiger partial charge in [0.25, 0.3) is 0 Å². The van der Waals surface area contributed by atoms with Crippen LogP contribution in [0.5, 0.6) is 0 Å². The Hall–Kier alpha value is -1.96. The second-order valence-electron chi connectivity index (χ2n) is 6.87. The molecule has 0 spiro atoms. The summed E-state index contributed by atoms with van der Waals surface area (Å²) >= 11 is 0. The van der Waals surface area contributed by atoms with E-state index in [2.05, 4.69) is 10.2 Å².